The van der Waals surface area contributed by atoms with Crippen molar-refractivity contribution in [3.8, 4) is 0 Å². The summed E-state index contributed by atoms with van der Waals surface area (Å²) in [7, 11) is 0. The van der Waals surface area contributed by atoms with Crippen molar-refractivity contribution in [1.82, 2.24) is 5.32 Å². The Morgan fingerprint density at radius 2 is 1.58 bits per heavy atom. The summed E-state index contributed by atoms with van der Waals surface area (Å²) in [5, 5.41) is 2.94. The Morgan fingerprint density at radius 1 is 1.00 bits per heavy atom. The zero-order valence-corrected chi connectivity index (χ0v) is 14.1. The van der Waals surface area contributed by atoms with Crippen LogP contribution in [-0.2, 0) is 20.7 Å². The number of rotatable bonds is 7. The first-order valence-corrected chi connectivity index (χ1v) is 8.12. The van der Waals surface area contributed by atoms with E-state index >= 15 is 0 Å². The third-order valence-electron chi connectivity index (χ3n) is 3.72. The molecule has 0 saturated heterocycles. The predicted molar refractivity (Wildman–Crippen MR) is 93.3 cm³/mol. The molecular weight excluding hydrogens is 302 g/mol. The average Bonchev–Trinajstić information content (AvgIpc) is 2.59. The van der Waals surface area contributed by atoms with Gasteiger partial charge in [-0.15, -0.1) is 0 Å². The molecule has 0 aliphatic rings. The van der Waals surface area contributed by atoms with Gasteiger partial charge in [0, 0.05) is 18.5 Å². The molecule has 0 saturated carbocycles. The number of esters is 1. The van der Waals surface area contributed by atoms with Gasteiger partial charge in [0.15, 0.2) is 0 Å². The lowest BCUT2D eigenvalue weighted by molar-refractivity contribution is -0.154. The monoisotopic (exact) mass is 325 g/mol. The molecule has 1 amide bonds. The Hall–Kier alpha value is -2.62. The molecular formula is C20H23NO3. The highest BCUT2D eigenvalue weighted by Gasteiger charge is 2.24. The molecule has 4 heteroatoms. The van der Waals surface area contributed by atoms with Crippen molar-refractivity contribution in [3.63, 3.8) is 0 Å². The molecule has 0 unspecified atom stereocenters. The molecule has 2 aromatic rings. The van der Waals surface area contributed by atoms with Gasteiger partial charge in [-0.25, -0.2) is 0 Å². The quantitative estimate of drug-likeness (QED) is 0.794. The van der Waals surface area contributed by atoms with Gasteiger partial charge in [0.2, 0.25) is 6.10 Å². The highest BCUT2D eigenvalue weighted by Crippen LogP contribution is 2.18. The second-order valence-electron chi connectivity index (χ2n) is 5.83. The summed E-state index contributed by atoms with van der Waals surface area (Å²) >= 11 is 0. The largest absolute Gasteiger partial charge is 0.447 e. The molecule has 2 atom stereocenters. The normalized spacial score (nSPS) is 12.9. The third-order valence-corrected chi connectivity index (χ3v) is 3.72. The minimum absolute atomic E-state index is 0.0144. The Morgan fingerprint density at radius 3 is 2.17 bits per heavy atom. The number of amides is 1. The van der Waals surface area contributed by atoms with Gasteiger partial charge in [-0.3, -0.25) is 9.59 Å². The highest BCUT2D eigenvalue weighted by atomic mass is 16.5. The summed E-state index contributed by atoms with van der Waals surface area (Å²) in [6.07, 6.45) is 0.784. The van der Waals surface area contributed by atoms with E-state index in [9.17, 15) is 9.59 Å². The second kappa shape index (κ2) is 8.87. The van der Waals surface area contributed by atoms with Gasteiger partial charge < -0.3 is 10.1 Å². The van der Waals surface area contributed by atoms with E-state index in [0.29, 0.717) is 5.56 Å². The van der Waals surface area contributed by atoms with Crippen LogP contribution in [0, 0.1) is 0 Å². The summed E-state index contributed by atoms with van der Waals surface area (Å²) < 4.78 is 5.21. The SMILES string of the molecule is CC(=O)O[C@@H](C(=O)N[C@@H](C)CCc1ccccc1)c1ccccc1. The van der Waals surface area contributed by atoms with Crippen molar-refractivity contribution in [2.45, 2.75) is 38.8 Å². The second-order valence-corrected chi connectivity index (χ2v) is 5.83. The molecule has 24 heavy (non-hydrogen) atoms. The van der Waals surface area contributed by atoms with Crippen molar-refractivity contribution in [3.05, 3.63) is 71.8 Å². The molecule has 1 N–H and O–H groups in total. The van der Waals surface area contributed by atoms with Crippen LogP contribution in [0.3, 0.4) is 0 Å². The highest BCUT2D eigenvalue weighted by molar-refractivity contribution is 5.84. The van der Waals surface area contributed by atoms with Gasteiger partial charge in [0.25, 0.3) is 5.91 Å². The fraction of sp³-hybridized carbons (Fsp3) is 0.300. The van der Waals surface area contributed by atoms with Crippen molar-refractivity contribution in [2.24, 2.45) is 0 Å². The first-order chi connectivity index (χ1) is 11.6. The summed E-state index contributed by atoms with van der Waals surface area (Å²) in [5.41, 5.74) is 1.90. The van der Waals surface area contributed by atoms with Crippen LogP contribution in [0.2, 0.25) is 0 Å². The van der Waals surface area contributed by atoms with Crippen LogP contribution in [0.1, 0.15) is 37.5 Å². The van der Waals surface area contributed by atoms with Gasteiger partial charge >= 0.3 is 5.97 Å². The molecule has 4 nitrogen and oxygen atoms in total. The van der Waals surface area contributed by atoms with Gasteiger partial charge in [0.1, 0.15) is 0 Å². The fourth-order valence-electron chi connectivity index (χ4n) is 2.49. The minimum atomic E-state index is -0.914. The number of benzene rings is 2. The molecule has 0 aromatic heterocycles. The van der Waals surface area contributed by atoms with Crippen molar-refractivity contribution >= 4 is 11.9 Å². The molecule has 0 fully saturated rings. The van der Waals surface area contributed by atoms with Crippen LogP contribution in [0.5, 0.6) is 0 Å². The number of ether oxygens (including phenoxy) is 1. The van der Waals surface area contributed by atoms with Crippen molar-refractivity contribution < 1.29 is 14.3 Å². The van der Waals surface area contributed by atoms with Crippen LogP contribution < -0.4 is 5.32 Å². The first-order valence-electron chi connectivity index (χ1n) is 8.12. The minimum Gasteiger partial charge on any atom is -0.447 e. The third kappa shape index (κ3) is 5.54. The van der Waals surface area contributed by atoms with Gasteiger partial charge in [-0.05, 0) is 25.3 Å². The van der Waals surface area contributed by atoms with E-state index in [-0.39, 0.29) is 11.9 Å². The van der Waals surface area contributed by atoms with E-state index in [1.165, 1.54) is 12.5 Å². The van der Waals surface area contributed by atoms with E-state index < -0.39 is 12.1 Å². The van der Waals surface area contributed by atoms with E-state index in [1.807, 2.05) is 43.3 Å². The zero-order valence-electron chi connectivity index (χ0n) is 14.1. The van der Waals surface area contributed by atoms with Gasteiger partial charge in [-0.1, -0.05) is 60.7 Å². The van der Waals surface area contributed by atoms with Crippen molar-refractivity contribution in [2.75, 3.05) is 0 Å². The molecule has 0 spiro atoms. The lowest BCUT2D eigenvalue weighted by Crippen LogP contribution is -2.38. The maximum absolute atomic E-state index is 12.5. The van der Waals surface area contributed by atoms with Crippen LogP contribution in [0.25, 0.3) is 0 Å². The standard InChI is InChI=1S/C20H23NO3/c1-15(13-14-17-9-5-3-6-10-17)21-20(23)19(24-16(2)22)18-11-7-4-8-12-18/h3-12,15,19H,13-14H2,1-2H3,(H,21,23)/t15-,19+/m0/s1. The molecule has 0 radical (unpaired) electrons. The predicted octanol–water partition coefficient (Wildman–Crippen LogP) is 3.43. The molecule has 2 aromatic carbocycles. The smallest absolute Gasteiger partial charge is 0.303 e. The number of aryl methyl sites for hydroxylation is 1. The van der Waals surface area contributed by atoms with Crippen LogP contribution in [-0.4, -0.2) is 17.9 Å². The molecule has 0 bridgehead atoms. The number of carbonyl (C=O) groups is 2. The number of carbonyl (C=O) groups excluding carboxylic acids is 2. The number of hydrogen-bond acceptors (Lipinski definition) is 3. The molecule has 0 aliphatic heterocycles. The summed E-state index contributed by atoms with van der Waals surface area (Å²) in [6, 6.07) is 19.2. The van der Waals surface area contributed by atoms with Crippen molar-refractivity contribution in [1.29, 1.82) is 0 Å². The fourth-order valence-corrected chi connectivity index (χ4v) is 2.49. The number of nitrogens with one attached hydrogen (secondary N) is 1. The maximum Gasteiger partial charge on any atom is 0.303 e. The molecule has 0 heterocycles. The van der Waals surface area contributed by atoms with Crippen LogP contribution >= 0.6 is 0 Å². The first kappa shape index (κ1) is 17.7. The Bertz CT molecular complexity index is 655. The Kier molecular flexibility index (Phi) is 6.55. The van der Waals surface area contributed by atoms with Gasteiger partial charge in [-0.2, -0.15) is 0 Å². The molecule has 0 aliphatic carbocycles. The average molecular weight is 325 g/mol. The maximum atomic E-state index is 12.5. The number of hydrogen-bond donors (Lipinski definition) is 1. The van der Waals surface area contributed by atoms with Crippen LogP contribution in [0.15, 0.2) is 60.7 Å². The topological polar surface area (TPSA) is 55.4 Å². The van der Waals surface area contributed by atoms with E-state index in [1.54, 1.807) is 12.1 Å². The molecule has 2 rings (SSSR count). The molecule has 126 valence electrons. The van der Waals surface area contributed by atoms with E-state index in [0.717, 1.165) is 12.8 Å². The summed E-state index contributed by atoms with van der Waals surface area (Å²) in [4.78, 5) is 23.8. The van der Waals surface area contributed by atoms with Gasteiger partial charge in [0.05, 0.1) is 0 Å². The van der Waals surface area contributed by atoms with Crippen LogP contribution in [0.4, 0.5) is 0 Å². The summed E-state index contributed by atoms with van der Waals surface area (Å²) in [5.74, 6) is -0.770. The zero-order chi connectivity index (χ0) is 17.4. The lowest BCUT2D eigenvalue weighted by Gasteiger charge is -2.20. The van der Waals surface area contributed by atoms with E-state index in [4.69, 9.17) is 4.74 Å². The lowest BCUT2D eigenvalue weighted by atomic mass is 10.0. The Labute approximate surface area is 142 Å². The Balaban J connectivity index is 1.95. The van der Waals surface area contributed by atoms with E-state index in [2.05, 4.69) is 17.4 Å². The summed E-state index contributed by atoms with van der Waals surface area (Å²) in [6.45, 7) is 3.26.